The van der Waals surface area contributed by atoms with Crippen LogP contribution in [0.2, 0.25) is 0 Å². The van der Waals surface area contributed by atoms with Crippen molar-refractivity contribution in [2.24, 2.45) is 0 Å². The highest BCUT2D eigenvalue weighted by molar-refractivity contribution is 5.92. The van der Waals surface area contributed by atoms with Gasteiger partial charge in [0, 0.05) is 46.3 Å². The standard InChI is InChI=1S/C27H27N7O/c1-16-7-6-12-33-15-24(31-26(16)33)21-8-10-22(11-9-21)30-25(35)14-23-19(4)32-34(20(23)5)27-28-17(2)13-18(3)29-27/h6-13,15H,14H2,1-5H3,(H,30,35). The molecule has 0 spiro atoms. The SMILES string of the molecule is Cc1cc(C)nc(-n2nc(C)c(CC(=O)Nc3ccc(-c4cn5cccc(C)c5n4)cc3)c2C)n1. The van der Waals surface area contributed by atoms with E-state index in [1.54, 1.807) is 4.68 Å². The summed E-state index contributed by atoms with van der Waals surface area (Å²) in [5, 5.41) is 7.59. The van der Waals surface area contributed by atoms with Crippen molar-refractivity contribution in [1.82, 2.24) is 29.1 Å². The van der Waals surface area contributed by atoms with Crippen LogP contribution in [0.1, 0.15) is 33.9 Å². The molecule has 176 valence electrons. The van der Waals surface area contributed by atoms with Gasteiger partial charge in [0.25, 0.3) is 5.95 Å². The van der Waals surface area contributed by atoms with E-state index in [2.05, 4.69) is 20.4 Å². The van der Waals surface area contributed by atoms with E-state index in [1.165, 1.54) is 0 Å². The molecule has 5 aromatic rings. The summed E-state index contributed by atoms with van der Waals surface area (Å²) >= 11 is 0. The fraction of sp³-hybridized carbons (Fsp3) is 0.222. The number of amides is 1. The van der Waals surface area contributed by atoms with Crippen molar-refractivity contribution in [3.63, 3.8) is 0 Å². The number of carbonyl (C=O) groups is 1. The minimum Gasteiger partial charge on any atom is -0.326 e. The van der Waals surface area contributed by atoms with Crippen LogP contribution >= 0.6 is 0 Å². The van der Waals surface area contributed by atoms with E-state index in [1.807, 2.05) is 93.9 Å². The van der Waals surface area contributed by atoms with Crippen LogP contribution in [0.4, 0.5) is 5.69 Å². The largest absolute Gasteiger partial charge is 0.326 e. The van der Waals surface area contributed by atoms with Gasteiger partial charge in [-0.15, -0.1) is 0 Å². The summed E-state index contributed by atoms with van der Waals surface area (Å²) < 4.78 is 3.73. The molecule has 0 aliphatic heterocycles. The fourth-order valence-electron chi connectivity index (χ4n) is 4.31. The van der Waals surface area contributed by atoms with Gasteiger partial charge in [-0.1, -0.05) is 18.2 Å². The summed E-state index contributed by atoms with van der Waals surface area (Å²) in [7, 11) is 0. The Morgan fingerprint density at radius 3 is 2.34 bits per heavy atom. The number of nitrogens with one attached hydrogen (secondary N) is 1. The molecular formula is C27H27N7O. The molecule has 0 aliphatic carbocycles. The van der Waals surface area contributed by atoms with E-state index in [-0.39, 0.29) is 12.3 Å². The lowest BCUT2D eigenvalue weighted by Crippen LogP contribution is -2.15. The molecule has 1 amide bonds. The molecule has 1 aromatic carbocycles. The van der Waals surface area contributed by atoms with E-state index in [0.29, 0.717) is 5.95 Å². The normalized spacial score (nSPS) is 11.2. The van der Waals surface area contributed by atoms with Gasteiger partial charge in [0.05, 0.1) is 17.8 Å². The molecule has 35 heavy (non-hydrogen) atoms. The van der Waals surface area contributed by atoms with E-state index < -0.39 is 0 Å². The van der Waals surface area contributed by atoms with E-state index in [0.717, 1.165) is 56.5 Å². The molecule has 4 aromatic heterocycles. The minimum atomic E-state index is -0.104. The Morgan fingerprint density at radius 1 is 0.943 bits per heavy atom. The topological polar surface area (TPSA) is 90.0 Å². The van der Waals surface area contributed by atoms with Crippen LogP contribution in [0.25, 0.3) is 22.9 Å². The molecule has 4 heterocycles. The number of aromatic nitrogens is 6. The molecule has 0 saturated heterocycles. The highest BCUT2D eigenvalue weighted by atomic mass is 16.1. The molecule has 5 rings (SSSR count). The summed E-state index contributed by atoms with van der Waals surface area (Å²) in [6.45, 7) is 9.75. The number of hydrogen-bond acceptors (Lipinski definition) is 5. The van der Waals surface area contributed by atoms with Crippen molar-refractivity contribution in [2.45, 2.75) is 41.0 Å². The lowest BCUT2D eigenvalue weighted by atomic mass is 10.1. The average Bonchev–Trinajstić information content (AvgIpc) is 3.37. The van der Waals surface area contributed by atoms with Gasteiger partial charge in [0.15, 0.2) is 0 Å². The van der Waals surface area contributed by atoms with E-state index in [9.17, 15) is 4.79 Å². The first kappa shape index (κ1) is 22.5. The quantitative estimate of drug-likeness (QED) is 0.406. The Kier molecular flexibility index (Phi) is 5.64. The lowest BCUT2D eigenvalue weighted by Gasteiger charge is -2.07. The monoisotopic (exact) mass is 465 g/mol. The third-order valence-corrected chi connectivity index (χ3v) is 6.08. The van der Waals surface area contributed by atoms with Crippen LogP contribution in [-0.4, -0.2) is 35.0 Å². The Hall–Kier alpha value is -4.33. The summed E-state index contributed by atoms with van der Waals surface area (Å²) in [5.41, 5.74) is 8.97. The lowest BCUT2D eigenvalue weighted by molar-refractivity contribution is -0.115. The predicted molar refractivity (Wildman–Crippen MR) is 136 cm³/mol. The molecule has 0 aliphatic rings. The van der Waals surface area contributed by atoms with Crippen molar-refractivity contribution < 1.29 is 4.79 Å². The molecule has 1 N–H and O–H groups in total. The van der Waals surface area contributed by atoms with E-state index >= 15 is 0 Å². The molecule has 0 radical (unpaired) electrons. The number of hydrogen-bond donors (Lipinski definition) is 1. The van der Waals surface area contributed by atoms with Crippen LogP contribution in [0.15, 0.2) is 54.9 Å². The zero-order valence-electron chi connectivity index (χ0n) is 20.5. The van der Waals surface area contributed by atoms with Crippen LogP contribution in [-0.2, 0) is 11.2 Å². The third kappa shape index (κ3) is 4.42. The van der Waals surface area contributed by atoms with Gasteiger partial charge in [-0.3, -0.25) is 4.79 Å². The smallest absolute Gasteiger partial charge is 0.251 e. The summed E-state index contributed by atoms with van der Waals surface area (Å²) in [6, 6.07) is 13.7. The number of anilines is 1. The van der Waals surface area contributed by atoms with Crippen LogP contribution in [0, 0.1) is 34.6 Å². The summed E-state index contributed by atoms with van der Waals surface area (Å²) in [4.78, 5) is 26.6. The predicted octanol–water partition coefficient (Wildman–Crippen LogP) is 4.70. The van der Waals surface area contributed by atoms with Crippen molar-refractivity contribution in [3.05, 3.63) is 88.8 Å². The number of nitrogens with zero attached hydrogens (tertiary/aromatic N) is 6. The second-order valence-corrected chi connectivity index (χ2v) is 8.86. The summed E-state index contributed by atoms with van der Waals surface area (Å²) in [6.07, 6.45) is 4.22. The first-order valence-corrected chi connectivity index (χ1v) is 11.5. The first-order valence-electron chi connectivity index (χ1n) is 11.5. The van der Waals surface area contributed by atoms with Gasteiger partial charge < -0.3 is 9.72 Å². The molecule has 0 atom stereocenters. The fourth-order valence-corrected chi connectivity index (χ4v) is 4.31. The first-order chi connectivity index (χ1) is 16.8. The number of aryl methyl sites for hydroxylation is 4. The Balaban J connectivity index is 1.31. The highest BCUT2D eigenvalue weighted by Gasteiger charge is 2.18. The maximum absolute atomic E-state index is 12.9. The highest BCUT2D eigenvalue weighted by Crippen LogP contribution is 2.23. The second-order valence-electron chi connectivity index (χ2n) is 8.86. The van der Waals surface area contributed by atoms with Gasteiger partial charge in [0.1, 0.15) is 5.65 Å². The van der Waals surface area contributed by atoms with Gasteiger partial charge >= 0.3 is 0 Å². The van der Waals surface area contributed by atoms with Gasteiger partial charge in [0.2, 0.25) is 5.91 Å². The number of fused-ring (bicyclic) bond motifs is 1. The number of carbonyl (C=O) groups excluding carboxylic acids is 1. The maximum atomic E-state index is 12.9. The van der Waals surface area contributed by atoms with Crippen LogP contribution < -0.4 is 5.32 Å². The molecule has 8 nitrogen and oxygen atoms in total. The van der Waals surface area contributed by atoms with Crippen molar-refractivity contribution in [1.29, 1.82) is 0 Å². The molecule has 0 bridgehead atoms. The van der Waals surface area contributed by atoms with Gasteiger partial charge in [-0.05, 0) is 64.4 Å². The van der Waals surface area contributed by atoms with Crippen molar-refractivity contribution in [3.8, 4) is 17.2 Å². The average molecular weight is 466 g/mol. The van der Waals surface area contributed by atoms with Crippen LogP contribution in [0.3, 0.4) is 0 Å². The van der Waals surface area contributed by atoms with Crippen molar-refractivity contribution >= 4 is 17.2 Å². The molecule has 0 saturated carbocycles. The zero-order valence-corrected chi connectivity index (χ0v) is 20.5. The Labute approximate surface area is 203 Å². The number of benzene rings is 1. The minimum absolute atomic E-state index is 0.104. The summed E-state index contributed by atoms with van der Waals surface area (Å²) in [5.74, 6) is 0.417. The number of rotatable bonds is 5. The third-order valence-electron chi connectivity index (χ3n) is 6.08. The Morgan fingerprint density at radius 2 is 1.66 bits per heavy atom. The molecule has 0 unspecified atom stereocenters. The maximum Gasteiger partial charge on any atom is 0.251 e. The zero-order chi connectivity index (χ0) is 24.7. The molecule has 8 heteroatoms. The Bertz CT molecular complexity index is 1540. The second kappa shape index (κ2) is 8.79. The molecular weight excluding hydrogens is 438 g/mol. The van der Waals surface area contributed by atoms with Crippen LogP contribution in [0.5, 0.6) is 0 Å². The molecule has 0 fully saturated rings. The van der Waals surface area contributed by atoms with Crippen molar-refractivity contribution in [2.75, 3.05) is 5.32 Å². The number of imidazole rings is 1. The van der Waals surface area contributed by atoms with Gasteiger partial charge in [-0.25, -0.2) is 19.6 Å². The van der Waals surface area contributed by atoms with Gasteiger partial charge in [-0.2, -0.15) is 5.10 Å². The van der Waals surface area contributed by atoms with E-state index in [4.69, 9.17) is 4.98 Å². The number of pyridine rings is 1.